The fourth-order valence-electron chi connectivity index (χ4n) is 3.25. The monoisotopic (exact) mass is 393 g/mol. The molecule has 142 valence electrons. The lowest BCUT2D eigenvalue weighted by atomic mass is 9.89. The van der Waals surface area contributed by atoms with E-state index in [0.717, 1.165) is 11.3 Å². The first-order valence-corrected chi connectivity index (χ1v) is 9.69. The first kappa shape index (κ1) is 18.1. The first-order chi connectivity index (χ1) is 13.5. The summed E-state index contributed by atoms with van der Waals surface area (Å²) in [7, 11) is 0. The predicted octanol–water partition coefficient (Wildman–Crippen LogP) is 2.91. The van der Waals surface area contributed by atoms with Crippen LogP contribution < -0.4 is 11.1 Å². The summed E-state index contributed by atoms with van der Waals surface area (Å²) >= 11 is 1.51. The molecule has 0 fully saturated rings. The Kier molecular flexibility index (Phi) is 4.79. The van der Waals surface area contributed by atoms with Crippen LogP contribution in [-0.4, -0.2) is 25.8 Å². The smallest absolute Gasteiger partial charge is 0.229 e. The molecular formula is C20H19N5O2S. The number of carbonyl (C=O) groups excluding carboxylic acids is 1. The number of hydrogen-bond donors (Lipinski definition) is 3. The van der Waals surface area contributed by atoms with E-state index >= 15 is 0 Å². The predicted molar refractivity (Wildman–Crippen MR) is 108 cm³/mol. The van der Waals surface area contributed by atoms with Crippen LogP contribution in [0.5, 0.6) is 5.75 Å². The van der Waals surface area contributed by atoms with Crippen LogP contribution in [0.4, 0.5) is 5.95 Å². The second kappa shape index (κ2) is 7.40. The van der Waals surface area contributed by atoms with Crippen molar-refractivity contribution in [3.63, 3.8) is 0 Å². The molecule has 2 heterocycles. The van der Waals surface area contributed by atoms with Gasteiger partial charge in [-0.15, -0.1) is 5.10 Å². The van der Waals surface area contributed by atoms with Gasteiger partial charge in [0.05, 0.1) is 6.04 Å². The minimum atomic E-state index is -0.689. The number of carbonyl (C=O) groups is 1. The van der Waals surface area contributed by atoms with E-state index in [-0.39, 0.29) is 5.75 Å². The van der Waals surface area contributed by atoms with Crippen molar-refractivity contribution in [1.29, 1.82) is 0 Å². The van der Waals surface area contributed by atoms with Gasteiger partial charge in [0.2, 0.25) is 17.0 Å². The molecule has 0 aliphatic carbocycles. The molecule has 0 saturated carbocycles. The average Bonchev–Trinajstić information content (AvgIpc) is 3.09. The van der Waals surface area contributed by atoms with Gasteiger partial charge in [-0.25, -0.2) is 4.68 Å². The van der Waals surface area contributed by atoms with Gasteiger partial charge in [0.1, 0.15) is 11.7 Å². The van der Waals surface area contributed by atoms with Gasteiger partial charge in [-0.05, 0) is 23.3 Å². The van der Waals surface area contributed by atoms with E-state index in [4.69, 9.17) is 5.73 Å². The summed E-state index contributed by atoms with van der Waals surface area (Å²) in [4.78, 5) is 16.7. The minimum absolute atomic E-state index is 0.144. The molecule has 1 aliphatic heterocycles. The zero-order valence-electron chi connectivity index (χ0n) is 14.9. The molecule has 7 nitrogen and oxygen atoms in total. The third-order valence-corrected chi connectivity index (χ3v) is 5.50. The highest BCUT2D eigenvalue weighted by molar-refractivity contribution is 7.98. The summed E-state index contributed by atoms with van der Waals surface area (Å²) in [6.07, 6.45) is 0. The van der Waals surface area contributed by atoms with Crippen molar-refractivity contribution in [3.8, 4) is 5.75 Å². The molecule has 0 spiro atoms. The van der Waals surface area contributed by atoms with E-state index in [1.165, 1.54) is 17.3 Å². The normalized spacial score (nSPS) is 18.4. The summed E-state index contributed by atoms with van der Waals surface area (Å²) in [6.45, 7) is 3.96. The van der Waals surface area contributed by atoms with Crippen LogP contribution in [0.2, 0.25) is 0 Å². The highest BCUT2D eigenvalue weighted by Crippen LogP contribution is 2.38. The Balaban J connectivity index is 1.69. The number of aromatic hydroxyl groups is 1. The Labute approximate surface area is 166 Å². The molecule has 4 rings (SSSR count). The van der Waals surface area contributed by atoms with E-state index in [9.17, 15) is 9.90 Å². The van der Waals surface area contributed by atoms with Gasteiger partial charge in [0.25, 0.3) is 0 Å². The van der Waals surface area contributed by atoms with Gasteiger partial charge in [-0.2, -0.15) is 4.98 Å². The SMILES string of the molecule is C=C1Nc2nc(SCc3ccccc3)nn2[C@H](c2ccc(O)cc2)[C@H]1C(N)=O. The molecule has 2 atom stereocenters. The van der Waals surface area contributed by atoms with E-state index in [1.54, 1.807) is 28.9 Å². The van der Waals surface area contributed by atoms with E-state index < -0.39 is 17.9 Å². The number of nitrogens with two attached hydrogens (primary N) is 1. The van der Waals surface area contributed by atoms with Crippen LogP contribution in [0.3, 0.4) is 0 Å². The van der Waals surface area contributed by atoms with Crippen molar-refractivity contribution < 1.29 is 9.90 Å². The number of fused-ring (bicyclic) bond motifs is 1. The molecule has 0 bridgehead atoms. The number of benzene rings is 2. The second-order valence-electron chi connectivity index (χ2n) is 6.50. The van der Waals surface area contributed by atoms with Crippen LogP contribution in [0, 0.1) is 5.92 Å². The minimum Gasteiger partial charge on any atom is -0.508 e. The maximum atomic E-state index is 12.1. The Morgan fingerprint density at radius 2 is 1.93 bits per heavy atom. The van der Waals surface area contributed by atoms with Crippen molar-refractivity contribution in [2.24, 2.45) is 11.7 Å². The molecular weight excluding hydrogens is 374 g/mol. The van der Waals surface area contributed by atoms with Crippen LogP contribution >= 0.6 is 11.8 Å². The fourth-order valence-corrected chi connectivity index (χ4v) is 4.04. The number of nitrogens with zero attached hydrogens (tertiary/aromatic N) is 3. The number of nitrogens with one attached hydrogen (secondary N) is 1. The number of amides is 1. The van der Waals surface area contributed by atoms with Crippen molar-refractivity contribution in [1.82, 2.24) is 14.8 Å². The lowest BCUT2D eigenvalue weighted by Gasteiger charge is -2.32. The number of rotatable bonds is 5. The largest absolute Gasteiger partial charge is 0.508 e. The van der Waals surface area contributed by atoms with Crippen molar-refractivity contribution in [2.45, 2.75) is 17.0 Å². The quantitative estimate of drug-likeness (QED) is 0.576. The van der Waals surface area contributed by atoms with Gasteiger partial charge in [-0.3, -0.25) is 4.79 Å². The maximum Gasteiger partial charge on any atom is 0.229 e. The van der Waals surface area contributed by atoms with Crippen LogP contribution in [0.25, 0.3) is 0 Å². The van der Waals surface area contributed by atoms with Crippen molar-refractivity contribution in [3.05, 3.63) is 78.0 Å². The fraction of sp³-hybridized carbons (Fsp3) is 0.150. The Bertz CT molecular complexity index is 1020. The molecule has 0 unspecified atom stereocenters. The number of hydrogen-bond acceptors (Lipinski definition) is 6. The summed E-state index contributed by atoms with van der Waals surface area (Å²) in [5.41, 5.74) is 8.09. The first-order valence-electron chi connectivity index (χ1n) is 8.70. The number of thioether (sulfide) groups is 1. The second-order valence-corrected chi connectivity index (χ2v) is 7.45. The highest BCUT2D eigenvalue weighted by Gasteiger charge is 2.39. The van der Waals surface area contributed by atoms with Gasteiger partial charge in [0, 0.05) is 11.4 Å². The Hall–Kier alpha value is -3.26. The van der Waals surface area contributed by atoms with Gasteiger partial charge in [-0.1, -0.05) is 60.8 Å². The molecule has 28 heavy (non-hydrogen) atoms. The molecule has 3 aromatic rings. The van der Waals surface area contributed by atoms with Crippen LogP contribution in [-0.2, 0) is 10.5 Å². The van der Waals surface area contributed by atoms with Crippen LogP contribution in [0.1, 0.15) is 17.2 Å². The van der Waals surface area contributed by atoms with Crippen LogP contribution in [0.15, 0.2) is 72.0 Å². The number of primary amides is 1. The number of aromatic nitrogens is 3. The third kappa shape index (κ3) is 3.46. The lowest BCUT2D eigenvalue weighted by Crippen LogP contribution is -2.40. The summed E-state index contributed by atoms with van der Waals surface area (Å²) in [6, 6.07) is 16.2. The molecule has 1 amide bonds. The highest BCUT2D eigenvalue weighted by atomic mass is 32.2. The zero-order valence-corrected chi connectivity index (χ0v) is 15.8. The lowest BCUT2D eigenvalue weighted by molar-refractivity contribution is -0.121. The molecule has 2 aromatic carbocycles. The van der Waals surface area contributed by atoms with Gasteiger partial charge >= 0.3 is 0 Å². The Morgan fingerprint density at radius 1 is 1.21 bits per heavy atom. The molecule has 0 saturated heterocycles. The summed E-state index contributed by atoms with van der Waals surface area (Å²) < 4.78 is 1.67. The molecule has 8 heteroatoms. The standard InChI is InChI=1S/C20H19N5O2S/c1-12-16(18(21)27)17(14-7-9-15(26)10-8-14)25-19(22-12)23-20(24-25)28-11-13-5-3-2-4-6-13/h2-10,16-17,26H,1,11H2,(H2,21,27)(H,22,23,24)/t16-,17+/m0/s1. The average molecular weight is 393 g/mol. The third-order valence-electron chi connectivity index (χ3n) is 4.59. The van der Waals surface area contributed by atoms with E-state index in [1.807, 2.05) is 30.3 Å². The molecule has 0 radical (unpaired) electrons. The molecule has 1 aliphatic rings. The number of phenolic OH excluding ortho intramolecular Hbond substituents is 1. The van der Waals surface area contributed by atoms with Crippen molar-refractivity contribution >= 4 is 23.6 Å². The van der Waals surface area contributed by atoms with Crippen molar-refractivity contribution in [2.75, 3.05) is 5.32 Å². The molecule has 4 N–H and O–H groups in total. The number of phenols is 1. The Morgan fingerprint density at radius 3 is 2.61 bits per heavy atom. The van der Waals surface area contributed by atoms with Gasteiger partial charge < -0.3 is 16.2 Å². The molecule has 1 aromatic heterocycles. The summed E-state index contributed by atoms with van der Waals surface area (Å²) in [5, 5.41) is 17.9. The topological polar surface area (TPSA) is 106 Å². The van der Waals surface area contributed by atoms with Gasteiger partial charge in [0.15, 0.2) is 0 Å². The zero-order chi connectivity index (χ0) is 19.7. The van der Waals surface area contributed by atoms with E-state index in [0.29, 0.717) is 16.8 Å². The van der Waals surface area contributed by atoms with E-state index in [2.05, 4.69) is 22.0 Å². The maximum absolute atomic E-state index is 12.1. The summed E-state index contributed by atoms with van der Waals surface area (Å²) in [5.74, 6) is 0.191. The number of anilines is 1.